The number of fused-ring (bicyclic) bond motifs is 2. The number of ether oxygens (including phenoxy) is 3. The highest BCUT2D eigenvalue weighted by Gasteiger charge is 2.20. The number of hydrazone groups is 2. The van der Waals surface area contributed by atoms with Gasteiger partial charge in [0, 0.05) is 28.3 Å². The van der Waals surface area contributed by atoms with Gasteiger partial charge in [-0.15, -0.1) is 0 Å². The molecular weight excluding hydrogens is 542 g/mol. The molecule has 1 heterocycles. The second-order valence-electron chi connectivity index (χ2n) is 10.3. The number of methoxy groups -OCH3 is 3. The van der Waals surface area contributed by atoms with Crippen molar-refractivity contribution in [3.63, 3.8) is 0 Å². The van der Waals surface area contributed by atoms with Crippen LogP contribution in [0.5, 0.6) is 17.2 Å². The van der Waals surface area contributed by atoms with Gasteiger partial charge in [0.1, 0.15) is 17.2 Å². The van der Waals surface area contributed by atoms with E-state index in [1.54, 1.807) is 27.4 Å². The van der Waals surface area contributed by atoms with Gasteiger partial charge in [0.2, 0.25) is 5.95 Å². The lowest BCUT2D eigenvalue weighted by Crippen LogP contribution is -2.15. The largest absolute Gasteiger partial charge is 0.496 e. The summed E-state index contributed by atoms with van der Waals surface area (Å²) in [4.78, 5) is 9.41. The van der Waals surface area contributed by atoms with E-state index in [-0.39, 0.29) is 0 Å². The maximum atomic E-state index is 5.60. The highest BCUT2D eigenvalue weighted by atomic mass is 16.5. The molecule has 10 nitrogen and oxygen atoms in total. The zero-order valence-corrected chi connectivity index (χ0v) is 24.6. The number of aromatic nitrogens is 2. The van der Waals surface area contributed by atoms with Gasteiger partial charge in [-0.25, -0.2) is 0 Å². The summed E-state index contributed by atoms with van der Waals surface area (Å²) in [7, 11) is 5.04. The van der Waals surface area contributed by atoms with Crippen LogP contribution >= 0.6 is 0 Å². The molecule has 0 bridgehead atoms. The van der Waals surface area contributed by atoms with E-state index in [0.29, 0.717) is 23.3 Å². The average Bonchev–Trinajstić information content (AvgIpc) is 3.06. The Bertz CT molecular complexity index is 1590. The fraction of sp³-hybridized carbons (Fsp3) is 0.273. The molecule has 0 saturated carbocycles. The molecule has 2 aliphatic carbocycles. The zero-order chi connectivity index (χ0) is 29.6. The predicted molar refractivity (Wildman–Crippen MR) is 170 cm³/mol. The van der Waals surface area contributed by atoms with Crippen LogP contribution in [0, 0.1) is 0 Å². The Balaban J connectivity index is 1.32. The van der Waals surface area contributed by atoms with Gasteiger partial charge in [-0.3, -0.25) is 10.9 Å². The van der Waals surface area contributed by atoms with Crippen LogP contribution in [0.25, 0.3) is 0 Å². The molecule has 0 fully saturated rings. The Labute approximate surface area is 251 Å². The van der Waals surface area contributed by atoms with Crippen LogP contribution in [0.4, 0.5) is 23.3 Å². The summed E-state index contributed by atoms with van der Waals surface area (Å²) in [5.41, 5.74) is 13.6. The molecule has 2 aliphatic rings. The van der Waals surface area contributed by atoms with E-state index in [1.807, 2.05) is 48.5 Å². The van der Waals surface area contributed by atoms with Crippen molar-refractivity contribution in [1.82, 2.24) is 9.97 Å². The molecule has 43 heavy (non-hydrogen) atoms. The highest BCUT2D eigenvalue weighted by Crippen LogP contribution is 2.32. The van der Waals surface area contributed by atoms with E-state index >= 15 is 0 Å². The summed E-state index contributed by atoms with van der Waals surface area (Å²) in [6.07, 6.45) is 5.62. The van der Waals surface area contributed by atoms with Crippen molar-refractivity contribution in [2.45, 2.75) is 38.5 Å². The third-order valence-corrected chi connectivity index (χ3v) is 7.70. The first-order valence-electron chi connectivity index (χ1n) is 14.4. The third-order valence-electron chi connectivity index (χ3n) is 7.70. The number of benzene rings is 3. The topological polar surface area (TPSA) is 114 Å². The predicted octanol–water partition coefficient (Wildman–Crippen LogP) is 6.55. The standard InChI is InChI=1S/C33H35N7O3/c1-41-28-18-8-10-21-23(28)12-6-15-25(21)37-39-31-20-32(36-33(35-31)34-27-14-4-5-17-30(27)43-3)40-38-26-16-7-13-24-22(26)11-9-19-29(24)42-2/h4-5,8-11,14,17-20H,6-7,12-13,15-16H2,1-3H3,(H3,34,35,36,39,40). The number of nitrogens with zero attached hydrogens (tertiary/aromatic N) is 4. The molecule has 0 spiro atoms. The average molecular weight is 578 g/mol. The molecular formula is C33H35N7O3. The summed E-state index contributed by atoms with van der Waals surface area (Å²) in [6.45, 7) is 0. The molecule has 4 aromatic rings. The van der Waals surface area contributed by atoms with Crippen LogP contribution in [-0.4, -0.2) is 42.7 Å². The summed E-state index contributed by atoms with van der Waals surface area (Å²) in [5.74, 6) is 3.87. The smallest absolute Gasteiger partial charge is 0.231 e. The summed E-state index contributed by atoms with van der Waals surface area (Å²) in [6, 6.07) is 21.6. The molecule has 10 heteroatoms. The fourth-order valence-corrected chi connectivity index (χ4v) is 5.67. The minimum Gasteiger partial charge on any atom is -0.496 e. The number of nitrogens with one attached hydrogen (secondary N) is 3. The van der Waals surface area contributed by atoms with Gasteiger partial charge in [-0.05, 0) is 62.8 Å². The van der Waals surface area contributed by atoms with Gasteiger partial charge in [0.25, 0.3) is 0 Å². The van der Waals surface area contributed by atoms with Crippen molar-refractivity contribution in [3.8, 4) is 17.2 Å². The van der Waals surface area contributed by atoms with Crippen molar-refractivity contribution < 1.29 is 14.2 Å². The van der Waals surface area contributed by atoms with Crippen LogP contribution in [0.3, 0.4) is 0 Å². The highest BCUT2D eigenvalue weighted by molar-refractivity contribution is 6.04. The van der Waals surface area contributed by atoms with Crippen molar-refractivity contribution in [1.29, 1.82) is 0 Å². The van der Waals surface area contributed by atoms with Crippen molar-refractivity contribution in [2.24, 2.45) is 10.2 Å². The number of hydrogen-bond acceptors (Lipinski definition) is 10. The zero-order valence-electron chi connectivity index (χ0n) is 24.6. The van der Waals surface area contributed by atoms with Gasteiger partial charge in [-0.1, -0.05) is 36.4 Å². The van der Waals surface area contributed by atoms with Gasteiger partial charge in [0.05, 0.1) is 38.4 Å². The molecule has 0 aliphatic heterocycles. The molecule has 3 N–H and O–H groups in total. The minimum absolute atomic E-state index is 0.369. The molecule has 3 aromatic carbocycles. The molecule has 220 valence electrons. The summed E-state index contributed by atoms with van der Waals surface area (Å²) in [5, 5.41) is 12.9. The maximum Gasteiger partial charge on any atom is 0.231 e. The molecule has 0 amide bonds. The van der Waals surface area contributed by atoms with E-state index < -0.39 is 0 Å². The Morgan fingerprint density at radius 2 is 1.12 bits per heavy atom. The second kappa shape index (κ2) is 12.8. The molecule has 1 aromatic heterocycles. The molecule has 0 atom stereocenters. The Morgan fingerprint density at radius 1 is 0.605 bits per heavy atom. The lowest BCUT2D eigenvalue weighted by molar-refractivity contribution is 0.408. The van der Waals surface area contributed by atoms with E-state index in [2.05, 4.69) is 28.3 Å². The van der Waals surface area contributed by atoms with E-state index in [0.717, 1.165) is 78.3 Å². The van der Waals surface area contributed by atoms with E-state index in [9.17, 15) is 0 Å². The van der Waals surface area contributed by atoms with Crippen LogP contribution in [0.1, 0.15) is 47.9 Å². The van der Waals surface area contributed by atoms with E-state index in [1.165, 1.54) is 11.1 Å². The minimum atomic E-state index is 0.369. The number of hydrogen-bond donors (Lipinski definition) is 3. The molecule has 0 saturated heterocycles. The lowest BCUT2D eigenvalue weighted by atomic mass is 9.89. The first kappa shape index (κ1) is 28.0. The third kappa shape index (κ3) is 6.08. The van der Waals surface area contributed by atoms with Crippen LogP contribution in [-0.2, 0) is 12.8 Å². The second-order valence-corrected chi connectivity index (χ2v) is 10.3. The SMILES string of the molecule is COc1ccccc1Nc1nc(NN=C2CCCc3c(OC)cccc32)cc(NN=C2CCCc3c(OC)cccc32)n1. The first-order chi connectivity index (χ1) is 21.2. The van der Waals surface area contributed by atoms with Gasteiger partial charge in [0.15, 0.2) is 11.6 Å². The van der Waals surface area contributed by atoms with Crippen molar-refractivity contribution in [3.05, 3.63) is 89.0 Å². The Hall–Kier alpha value is -5.12. The lowest BCUT2D eigenvalue weighted by Gasteiger charge is -2.20. The van der Waals surface area contributed by atoms with E-state index in [4.69, 9.17) is 34.4 Å². The Morgan fingerprint density at radius 3 is 1.65 bits per heavy atom. The molecule has 0 unspecified atom stereocenters. The number of rotatable bonds is 9. The van der Waals surface area contributed by atoms with Crippen LogP contribution < -0.4 is 30.4 Å². The number of anilines is 4. The number of para-hydroxylation sites is 2. The maximum absolute atomic E-state index is 5.60. The quantitative estimate of drug-likeness (QED) is 0.192. The molecule has 0 radical (unpaired) electrons. The van der Waals surface area contributed by atoms with Crippen molar-refractivity contribution >= 4 is 34.7 Å². The van der Waals surface area contributed by atoms with Gasteiger partial charge >= 0.3 is 0 Å². The van der Waals surface area contributed by atoms with Crippen LogP contribution in [0.2, 0.25) is 0 Å². The fourth-order valence-electron chi connectivity index (χ4n) is 5.67. The van der Waals surface area contributed by atoms with Crippen LogP contribution in [0.15, 0.2) is 76.9 Å². The van der Waals surface area contributed by atoms with Crippen molar-refractivity contribution in [2.75, 3.05) is 37.5 Å². The monoisotopic (exact) mass is 577 g/mol. The summed E-state index contributed by atoms with van der Waals surface area (Å²) < 4.78 is 16.7. The molecule has 6 rings (SSSR count). The van der Waals surface area contributed by atoms with Gasteiger partial charge < -0.3 is 19.5 Å². The van der Waals surface area contributed by atoms with Gasteiger partial charge in [-0.2, -0.15) is 20.2 Å². The summed E-state index contributed by atoms with van der Waals surface area (Å²) >= 11 is 0. The Kier molecular flexibility index (Phi) is 8.35. The normalized spacial score (nSPS) is 15.8. The first-order valence-corrected chi connectivity index (χ1v) is 14.4.